The van der Waals surface area contributed by atoms with Crippen LogP contribution in [0.4, 0.5) is 0 Å². The predicted molar refractivity (Wildman–Crippen MR) is 80.0 cm³/mol. The Kier molecular flexibility index (Phi) is 3.08. The average Bonchev–Trinajstić information content (AvgIpc) is 3.02. The van der Waals surface area contributed by atoms with E-state index in [1.165, 1.54) is 6.92 Å². The molecule has 1 aromatic carbocycles. The summed E-state index contributed by atoms with van der Waals surface area (Å²) in [5.74, 6) is 0.592. The third-order valence-electron chi connectivity index (χ3n) is 3.93. The fourth-order valence-corrected chi connectivity index (χ4v) is 2.72. The van der Waals surface area contributed by atoms with Gasteiger partial charge in [-0.3, -0.25) is 4.79 Å². The molecular formula is C15H18N4O2. The van der Waals surface area contributed by atoms with E-state index in [1.54, 1.807) is 12.1 Å². The summed E-state index contributed by atoms with van der Waals surface area (Å²) in [7, 11) is 3.88. The molecular weight excluding hydrogens is 268 g/mol. The lowest BCUT2D eigenvalue weighted by Gasteiger charge is -2.17. The van der Waals surface area contributed by atoms with Gasteiger partial charge in [0.1, 0.15) is 11.3 Å². The second kappa shape index (κ2) is 4.80. The van der Waals surface area contributed by atoms with Crippen molar-refractivity contribution in [1.82, 2.24) is 20.2 Å². The molecule has 0 bridgehead atoms. The molecule has 1 aliphatic rings. The number of rotatable bonds is 3. The van der Waals surface area contributed by atoms with Crippen LogP contribution >= 0.6 is 0 Å². The van der Waals surface area contributed by atoms with Crippen LogP contribution < -0.4 is 5.32 Å². The standard InChI is InChI=1S/C15H18N4O2/c1-8(20)10-4-5-11-13(14(10)21)18-15(17-11)12-6-9(16-2)7-19(12)3/h4-5,7,12,16,21H,6H2,1-3H3,(H,17,18). The number of hydrogen-bond acceptors (Lipinski definition) is 5. The predicted octanol–water partition coefficient (Wildman–Crippen LogP) is 1.91. The van der Waals surface area contributed by atoms with E-state index < -0.39 is 0 Å². The van der Waals surface area contributed by atoms with Crippen LogP contribution in [0.15, 0.2) is 24.0 Å². The Morgan fingerprint density at radius 2 is 2.29 bits per heavy atom. The van der Waals surface area contributed by atoms with Crippen molar-refractivity contribution in [3.05, 3.63) is 35.4 Å². The van der Waals surface area contributed by atoms with E-state index in [-0.39, 0.29) is 17.6 Å². The van der Waals surface area contributed by atoms with E-state index in [0.717, 1.165) is 17.9 Å². The van der Waals surface area contributed by atoms with Crippen molar-refractivity contribution in [3.63, 3.8) is 0 Å². The number of nitrogens with zero attached hydrogens (tertiary/aromatic N) is 2. The van der Waals surface area contributed by atoms with Crippen molar-refractivity contribution in [2.24, 2.45) is 0 Å². The maximum absolute atomic E-state index is 11.5. The minimum Gasteiger partial charge on any atom is -0.505 e. The minimum absolute atomic E-state index is 0.0267. The van der Waals surface area contributed by atoms with Gasteiger partial charge >= 0.3 is 0 Å². The minimum atomic E-state index is -0.164. The molecule has 3 rings (SSSR count). The maximum atomic E-state index is 11.5. The Morgan fingerprint density at radius 1 is 1.52 bits per heavy atom. The fourth-order valence-electron chi connectivity index (χ4n) is 2.72. The molecule has 0 amide bonds. The molecule has 0 saturated heterocycles. The SMILES string of the molecule is CNC1=CN(C)C(c2nc3ccc(C(C)=O)c(O)c3[nH]2)C1. The lowest BCUT2D eigenvalue weighted by atomic mass is 10.1. The summed E-state index contributed by atoms with van der Waals surface area (Å²) in [6, 6.07) is 3.47. The topological polar surface area (TPSA) is 81.2 Å². The first-order valence-electron chi connectivity index (χ1n) is 6.84. The van der Waals surface area contributed by atoms with Gasteiger partial charge in [-0.1, -0.05) is 0 Å². The molecule has 0 fully saturated rings. The van der Waals surface area contributed by atoms with Gasteiger partial charge in [-0.15, -0.1) is 0 Å². The smallest absolute Gasteiger partial charge is 0.163 e. The highest BCUT2D eigenvalue weighted by Gasteiger charge is 2.26. The van der Waals surface area contributed by atoms with Gasteiger partial charge in [0.15, 0.2) is 11.5 Å². The van der Waals surface area contributed by atoms with Crippen LogP contribution in [0.2, 0.25) is 0 Å². The first-order chi connectivity index (χ1) is 10.0. The molecule has 0 radical (unpaired) electrons. The number of Topliss-reactive ketones (excluding diaryl/α,β-unsaturated/α-hetero) is 1. The largest absolute Gasteiger partial charge is 0.505 e. The number of benzene rings is 1. The molecule has 0 aliphatic carbocycles. The van der Waals surface area contributed by atoms with Gasteiger partial charge in [-0.05, 0) is 19.1 Å². The highest BCUT2D eigenvalue weighted by Crippen LogP contribution is 2.34. The first kappa shape index (κ1) is 13.5. The van der Waals surface area contributed by atoms with Gasteiger partial charge < -0.3 is 20.3 Å². The van der Waals surface area contributed by atoms with Gasteiger partial charge in [0, 0.05) is 32.4 Å². The quantitative estimate of drug-likeness (QED) is 0.751. The third-order valence-corrected chi connectivity index (χ3v) is 3.93. The summed E-state index contributed by atoms with van der Waals surface area (Å²) in [5.41, 5.74) is 2.63. The Morgan fingerprint density at radius 3 is 2.90 bits per heavy atom. The van der Waals surface area contributed by atoms with Crippen LogP contribution in [0.5, 0.6) is 5.75 Å². The first-order valence-corrected chi connectivity index (χ1v) is 6.84. The van der Waals surface area contributed by atoms with Crippen LogP contribution in [0.3, 0.4) is 0 Å². The van der Waals surface area contributed by atoms with E-state index in [1.807, 2.05) is 20.3 Å². The Bertz CT molecular complexity index is 747. The lowest BCUT2D eigenvalue weighted by Crippen LogP contribution is -2.15. The monoisotopic (exact) mass is 286 g/mol. The van der Waals surface area contributed by atoms with E-state index in [9.17, 15) is 9.90 Å². The van der Waals surface area contributed by atoms with Crippen LogP contribution in [0.1, 0.15) is 35.6 Å². The van der Waals surface area contributed by atoms with Crippen LogP contribution in [-0.2, 0) is 0 Å². The number of aromatic hydroxyl groups is 1. The van der Waals surface area contributed by atoms with E-state index in [0.29, 0.717) is 16.6 Å². The average molecular weight is 286 g/mol. The summed E-state index contributed by atoms with van der Waals surface area (Å²) in [6.07, 6.45) is 2.87. The number of aromatic amines is 1. The van der Waals surface area contributed by atoms with Crippen LogP contribution in [0, 0.1) is 0 Å². The van der Waals surface area contributed by atoms with Crippen molar-refractivity contribution in [1.29, 1.82) is 0 Å². The summed E-state index contributed by atoms with van der Waals surface area (Å²) >= 11 is 0. The molecule has 1 unspecified atom stereocenters. The highest BCUT2D eigenvalue weighted by atomic mass is 16.3. The number of fused-ring (bicyclic) bond motifs is 1. The van der Waals surface area contributed by atoms with E-state index in [2.05, 4.69) is 20.2 Å². The molecule has 110 valence electrons. The van der Waals surface area contributed by atoms with Crippen molar-refractivity contribution in [2.75, 3.05) is 14.1 Å². The Labute approximate surface area is 122 Å². The van der Waals surface area contributed by atoms with Crippen molar-refractivity contribution in [3.8, 4) is 5.75 Å². The van der Waals surface area contributed by atoms with Gasteiger partial charge in [0.25, 0.3) is 0 Å². The van der Waals surface area contributed by atoms with Crippen LogP contribution in [0.25, 0.3) is 11.0 Å². The molecule has 21 heavy (non-hydrogen) atoms. The number of phenols is 1. The molecule has 2 aromatic rings. The number of nitrogens with one attached hydrogen (secondary N) is 2. The molecule has 1 aliphatic heterocycles. The molecule has 0 spiro atoms. The zero-order valence-corrected chi connectivity index (χ0v) is 12.3. The number of imidazole rings is 1. The number of carbonyl (C=O) groups is 1. The third kappa shape index (κ3) is 2.12. The number of aromatic nitrogens is 2. The number of H-pyrrole nitrogens is 1. The Balaban J connectivity index is 2.03. The van der Waals surface area contributed by atoms with E-state index >= 15 is 0 Å². The van der Waals surface area contributed by atoms with Gasteiger partial charge in [-0.2, -0.15) is 0 Å². The molecule has 3 N–H and O–H groups in total. The highest BCUT2D eigenvalue weighted by molar-refractivity contribution is 6.01. The zero-order valence-electron chi connectivity index (χ0n) is 12.3. The van der Waals surface area contributed by atoms with Crippen molar-refractivity contribution in [2.45, 2.75) is 19.4 Å². The number of carbonyl (C=O) groups excluding carboxylic acids is 1. The van der Waals surface area contributed by atoms with Gasteiger partial charge in [0.05, 0.1) is 17.1 Å². The molecule has 1 aromatic heterocycles. The summed E-state index contributed by atoms with van der Waals surface area (Å²) in [5, 5.41) is 13.4. The lowest BCUT2D eigenvalue weighted by molar-refractivity contribution is 0.101. The van der Waals surface area contributed by atoms with Crippen molar-refractivity contribution < 1.29 is 9.90 Å². The van der Waals surface area contributed by atoms with E-state index in [4.69, 9.17) is 0 Å². The fraction of sp³-hybridized carbons (Fsp3) is 0.333. The second-order valence-electron chi connectivity index (χ2n) is 5.32. The summed E-state index contributed by atoms with van der Waals surface area (Å²) < 4.78 is 0. The van der Waals surface area contributed by atoms with Gasteiger partial charge in [0.2, 0.25) is 0 Å². The molecule has 1 atom stereocenters. The summed E-state index contributed by atoms with van der Waals surface area (Å²) in [6.45, 7) is 1.44. The molecule has 6 heteroatoms. The number of phenolic OH excluding ortho intramolecular Hbond substituents is 1. The zero-order chi connectivity index (χ0) is 15.1. The number of hydrogen-bond donors (Lipinski definition) is 3. The second-order valence-corrected chi connectivity index (χ2v) is 5.32. The normalized spacial score (nSPS) is 18.1. The maximum Gasteiger partial charge on any atom is 0.163 e. The molecule has 2 heterocycles. The number of ketones is 1. The van der Waals surface area contributed by atoms with Crippen molar-refractivity contribution >= 4 is 16.8 Å². The Hall–Kier alpha value is -2.50. The summed E-state index contributed by atoms with van der Waals surface area (Å²) in [4.78, 5) is 21.3. The molecule has 6 nitrogen and oxygen atoms in total. The van der Waals surface area contributed by atoms with Gasteiger partial charge in [-0.25, -0.2) is 4.98 Å². The van der Waals surface area contributed by atoms with Crippen LogP contribution in [-0.4, -0.2) is 39.9 Å². The molecule has 0 saturated carbocycles.